The molecule has 0 atom stereocenters. The predicted molar refractivity (Wildman–Crippen MR) is 83.5 cm³/mol. The molecule has 1 N–H and O–H groups in total. The Morgan fingerprint density at radius 1 is 1.11 bits per heavy atom. The number of ether oxygens (including phenoxy) is 1. The van der Waals surface area contributed by atoms with Crippen LogP contribution in [0.5, 0.6) is 6.01 Å². The Hall–Kier alpha value is -2.37. The molecule has 3 aromatic rings. The summed E-state index contributed by atoms with van der Waals surface area (Å²) in [6.07, 6.45) is -8.11. The predicted octanol–water partition coefficient (Wildman–Crippen LogP) is 5.49. The van der Waals surface area contributed by atoms with Crippen molar-refractivity contribution in [2.75, 3.05) is 6.61 Å². The number of hydrogen-bond donors (Lipinski definition) is 1. The summed E-state index contributed by atoms with van der Waals surface area (Å²) in [7, 11) is 0. The van der Waals surface area contributed by atoms with Crippen LogP contribution >= 0.6 is 15.9 Å². The number of nitrogens with one attached hydrogen (secondary N) is 1. The van der Waals surface area contributed by atoms with Crippen molar-refractivity contribution in [3.8, 4) is 17.3 Å². The van der Waals surface area contributed by atoms with E-state index < -0.39 is 42.0 Å². The number of rotatable bonds is 3. The van der Waals surface area contributed by atoms with Crippen LogP contribution in [0, 0.1) is 5.82 Å². The van der Waals surface area contributed by atoms with Crippen LogP contribution in [0.1, 0.15) is 5.56 Å². The van der Waals surface area contributed by atoms with E-state index in [-0.39, 0.29) is 20.9 Å². The third-order valence-corrected chi connectivity index (χ3v) is 4.21. The molecule has 0 amide bonds. The summed E-state index contributed by atoms with van der Waals surface area (Å²) < 4.78 is 94.7. The van der Waals surface area contributed by atoms with Crippen molar-refractivity contribution >= 4 is 26.8 Å². The van der Waals surface area contributed by atoms with Gasteiger partial charge in [0.2, 0.25) is 0 Å². The van der Waals surface area contributed by atoms with E-state index in [0.717, 1.165) is 12.3 Å². The molecule has 0 bridgehead atoms. The van der Waals surface area contributed by atoms with Crippen molar-refractivity contribution in [2.24, 2.45) is 0 Å². The maximum atomic E-state index is 13.6. The largest absolute Gasteiger partial charge is 0.454 e. The van der Waals surface area contributed by atoms with Crippen molar-refractivity contribution in [3.63, 3.8) is 0 Å². The first-order valence-corrected chi connectivity index (χ1v) is 7.86. The number of alkyl halides is 6. The number of halogens is 8. The van der Waals surface area contributed by atoms with Gasteiger partial charge in [0.1, 0.15) is 11.4 Å². The average molecular weight is 458 g/mol. The number of aromatic amines is 1. The summed E-state index contributed by atoms with van der Waals surface area (Å²) in [6, 6.07) is 1.38. The van der Waals surface area contributed by atoms with E-state index in [2.05, 4.69) is 35.6 Å². The minimum Gasteiger partial charge on any atom is -0.454 e. The van der Waals surface area contributed by atoms with Crippen LogP contribution in [0.4, 0.5) is 30.7 Å². The van der Waals surface area contributed by atoms with Gasteiger partial charge < -0.3 is 9.72 Å². The van der Waals surface area contributed by atoms with Gasteiger partial charge in [-0.15, -0.1) is 0 Å². The minimum atomic E-state index is -4.88. The lowest BCUT2D eigenvalue weighted by atomic mass is 10.1. The van der Waals surface area contributed by atoms with Crippen LogP contribution < -0.4 is 4.74 Å². The highest BCUT2D eigenvalue weighted by Crippen LogP contribution is 2.40. The summed E-state index contributed by atoms with van der Waals surface area (Å²) in [5, 5.41) is 0.175. The van der Waals surface area contributed by atoms with Crippen LogP contribution in [0.25, 0.3) is 22.2 Å². The number of fused-ring (bicyclic) bond motifs is 1. The molecule has 3 rings (SSSR count). The average Bonchev–Trinajstić information content (AvgIpc) is 2.99. The number of H-pyrrole nitrogens is 1. The fourth-order valence-corrected chi connectivity index (χ4v) is 2.79. The van der Waals surface area contributed by atoms with Gasteiger partial charge in [-0.3, -0.25) is 0 Å². The number of nitrogens with zero attached hydrogens (tertiary/aromatic N) is 2. The molecule has 0 unspecified atom stereocenters. The van der Waals surface area contributed by atoms with Gasteiger partial charge in [0.05, 0.1) is 15.7 Å². The molecule has 0 aliphatic rings. The molecule has 0 saturated carbocycles. The molecule has 0 aliphatic heterocycles. The fourth-order valence-electron chi connectivity index (χ4n) is 2.33. The van der Waals surface area contributed by atoms with Crippen molar-refractivity contribution in [3.05, 3.63) is 40.4 Å². The lowest BCUT2D eigenvalue weighted by molar-refractivity contribution is -0.155. The minimum absolute atomic E-state index is 0.0117. The van der Waals surface area contributed by atoms with E-state index in [1.165, 1.54) is 6.07 Å². The molecule has 0 radical (unpaired) electrons. The van der Waals surface area contributed by atoms with E-state index in [0.29, 0.717) is 6.20 Å². The molecule has 1 aromatic carbocycles. The molecule has 12 heteroatoms. The molecule has 2 heterocycles. The fraction of sp³-hybridized carbons (Fsp3) is 0.200. The Balaban J connectivity index is 2.16. The molecule has 0 aliphatic carbocycles. The molecular weight excluding hydrogens is 451 g/mol. The summed E-state index contributed by atoms with van der Waals surface area (Å²) in [5.74, 6) is -0.649. The first-order valence-electron chi connectivity index (χ1n) is 7.06. The Morgan fingerprint density at radius 2 is 1.81 bits per heavy atom. The second-order valence-corrected chi connectivity index (χ2v) is 6.10. The van der Waals surface area contributed by atoms with E-state index in [9.17, 15) is 30.7 Å². The van der Waals surface area contributed by atoms with Gasteiger partial charge in [-0.1, -0.05) is 0 Å². The van der Waals surface area contributed by atoms with Gasteiger partial charge in [-0.25, -0.2) is 9.37 Å². The molecule has 0 saturated heterocycles. The molecule has 144 valence electrons. The van der Waals surface area contributed by atoms with Crippen molar-refractivity contribution in [1.29, 1.82) is 0 Å². The van der Waals surface area contributed by atoms with Gasteiger partial charge in [0.25, 0.3) is 0 Å². The van der Waals surface area contributed by atoms with E-state index in [1.54, 1.807) is 0 Å². The first kappa shape index (κ1) is 19.4. The number of benzene rings is 1. The Labute approximate surface area is 154 Å². The second-order valence-electron chi connectivity index (χ2n) is 5.30. The third kappa shape index (κ3) is 3.99. The summed E-state index contributed by atoms with van der Waals surface area (Å²) in [4.78, 5) is 9.32. The maximum absolute atomic E-state index is 13.6. The van der Waals surface area contributed by atoms with Crippen LogP contribution in [-0.4, -0.2) is 27.7 Å². The number of aromatic nitrogens is 3. The van der Waals surface area contributed by atoms with Gasteiger partial charge in [0.15, 0.2) is 6.61 Å². The second kappa shape index (κ2) is 6.66. The number of hydrogen-bond acceptors (Lipinski definition) is 3. The Kier molecular flexibility index (Phi) is 4.78. The quantitative estimate of drug-likeness (QED) is 0.529. The zero-order chi connectivity index (χ0) is 20.0. The highest BCUT2D eigenvalue weighted by atomic mass is 79.9. The summed E-state index contributed by atoms with van der Waals surface area (Å²) in [6.45, 7) is -1.76. The summed E-state index contributed by atoms with van der Waals surface area (Å²) >= 11 is 2.97. The SMILES string of the molecule is Fc1ccc2c(-c3nc(OCC(F)(F)F)ncc3C(F)(F)F)c[nH]c2c1Br. The molecule has 0 fully saturated rings. The monoisotopic (exact) mass is 457 g/mol. The van der Waals surface area contributed by atoms with Crippen LogP contribution in [-0.2, 0) is 6.18 Å². The van der Waals surface area contributed by atoms with E-state index >= 15 is 0 Å². The highest BCUT2D eigenvalue weighted by Gasteiger charge is 2.37. The van der Waals surface area contributed by atoms with Crippen molar-refractivity contribution < 1.29 is 35.5 Å². The zero-order valence-electron chi connectivity index (χ0n) is 12.8. The van der Waals surface area contributed by atoms with Crippen LogP contribution in [0.2, 0.25) is 0 Å². The zero-order valence-corrected chi connectivity index (χ0v) is 14.4. The lowest BCUT2D eigenvalue weighted by Gasteiger charge is -2.13. The molecule has 27 heavy (non-hydrogen) atoms. The van der Waals surface area contributed by atoms with Gasteiger partial charge in [0, 0.05) is 23.3 Å². The maximum Gasteiger partial charge on any atom is 0.422 e. The van der Waals surface area contributed by atoms with E-state index in [4.69, 9.17) is 0 Å². The van der Waals surface area contributed by atoms with Crippen LogP contribution in [0.3, 0.4) is 0 Å². The van der Waals surface area contributed by atoms with Crippen molar-refractivity contribution in [2.45, 2.75) is 12.4 Å². The first-order chi connectivity index (χ1) is 12.5. The molecule has 0 spiro atoms. The Bertz CT molecular complexity index is 997. The normalized spacial score (nSPS) is 12.6. The van der Waals surface area contributed by atoms with Crippen LogP contribution in [0.15, 0.2) is 29.0 Å². The topological polar surface area (TPSA) is 50.8 Å². The van der Waals surface area contributed by atoms with Gasteiger partial charge >= 0.3 is 18.4 Å². The molecule has 4 nitrogen and oxygen atoms in total. The van der Waals surface area contributed by atoms with Gasteiger partial charge in [-0.05, 0) is 28.1 Å². The highest BCUT2D eigenvalue weighted by molar-refractivity contribution is 9.10. The van der Waals surface area contributed by atoms with Crippen molar-refractivity contribution in [1.82, 2.24) is 15.0 Å². The molecular formula is C15H7BrF7N3O. The van der Waals surface area contributed by atoms with Gasteiger partial charge in [-0.2, -0.15) is 31.3 Å². The standard InChI is InChI=1S/C15H7BrF7N3O/c16-10-9(17)2-1-6-7(3-24-12(6)10)11-8(15(21,22)23)4-25-13(26-11)27-5-14(18,19)20/h1-4,24H,5H2. The Morgan fingerprint density at radius 3 is 2.44 bits per heavy atom. The third-order valence-electron chi connectivity index (χ3n) is 3.44. The molecule has 2 aromatic heterocycles. The van der Waals surface area contributed by atoms with E-state index in [1.807, 2.05) is 0 Å². The summed E-state index contributed by atoms with van der Waals surface area (Å²) in [5.41, 5.74) is -1.91. The lowest BCUT2D eigenvalue weighted by Crippen LogP contribution is -2.20. The smallest absolute Gasteiger partial charge is 0.422 e.